The maximum absolute atomic E-state index is 9.00. The van der Waals surface area contributed by atoms with E-state index in [1.165, 1.54) is 12.8 Å². The second-order valence-corrected chi connectivity index (χ2v) is 5.04. The van der Waals surface area contributed by atoms with Crippen LogP contribution in [-0.2, 0) is 0 Å². The van der Waals surface area contributed by atoms with Crippen molar-refractivity contribution in [2.75, 3.05) is 31.1 Å². The second-order valence-electron chi connectivity index (χ2n) is 5.04. The van der Waals surface area contributed by atoms with Gasteiger partial charge in [-0.1, -0.05) is 0 Å². The summed E-state index contributed by atoms with van der Waals surface area (Å²) in [4.78, 5) is 11.0. The van der Waals surface area contributed by atoms with E-state index in [-0.39, 0.29) is 0 Å². The van der Waals surface area contributed by atoms with Crippen molar-refractivity contribution in [1.82, 2.24) is 15.3 Å². The van der Waals surface area contributed by atoms with Crippen molar-refractivity contribution in [3.63, 3.8) is 0 Å². The summed E-state index contributed by atoms with van der Waals surface area (Å²) >= 11 is 0. The first-order valence-corrected chi connectivity index (χ1v) is 6.94. The summed E-state index contributed by atoms with van der Waals surface area (Å²) in [6, 6.07) is 3.83. The number of nitrogens with one attached hydrogen (secondary N) is 1. The summed E-state index contributed by atoms with van der Waals surface area (Å²) in [5, 5.41) is 12.4. The van der Waals surface area contributed by atoms with Gasteiger partial charge < -0.3 is 10.2 Å². The molecule has 0 spiro atoms. The molecule has 19 heavy (non-hydrogen) atoms. The lowest BCUT2D eigenvalue weighted by Crippen LogP contribution is -2.37. The normalized spacial score (nSPS) is 16.1. The molecule has 1 saturated heterocycles. The van der Waals surface area contributed by atoms with E-state index < -0.39 is 0 Å². The van der Waals surface area contributed by atoms with Gasteiger partial charge in [0, 0.05) is 18.8 Å². The smallest absolute Gasteiger partial charge is 0.226 e. The van der Waals surface area contributed by atoms with Crippen LogP contribution in [0.5, 0.6) is 0 Å². The van der Waals surface area contributed by atoms with Crippen LogP contribution in [0.2, 0.25) is 0 Å². The highest BCUT2D eigenvalue weighted by atomic mass is 15.2. The third kappa shape index (κ3) is 3.65. The molecule has 0 atom stereocenters. The minimum Gasteiger partial charge on any atom is -0.341 e. The lowest BCUT2D eigenvalue weighted by Gasteiger charge is -2.29. The Morgan fingerprint density at radius 2 is 2.16 bits per heavy atom. The molecule has 0 aromatic carbocycles. The Labute approximate surface area is 114 Å². The lowest BCUT2D eigenvalue weighted by atomic mass is 9.98. The largest absolute Gasteiger partial charge is 0.341 e. The average molecular weight is 259 g/mol. The molecule has 0 radical (unpaired) electrons. The fraction of sp³-hybridized carbons (Fsp3) is 0.643. The molecule has 0 saturated carbocycles. The van der Waals surface area contributed by atoms with E-state index in [1.807, 2.05) is 6.92 Å². The van der Waals surface area contributed by atoms with E-state index in [2.05, 4.69) is 33.2 Å². The number of hydrogen-bond donors (Lipinski definition) is 1. The predicted molar refractivity (Wildman–Crippen MR) is 75.0 cm³/mol. The van der Waals surface area contributed by atoms with Gasteiger partial charge in [-0.2, -0.15) is 5.26 Å². The third-order valence-corrected chi connectivity index (χ3v) is 3.56. The number of aryl methyl sites for hydroxylation is 1. The highest BCUT2D eigenvalue weighted by Crippen LogP contribution is 2.17. The van der Waals surface area contributed by atoms with Gasteiger partial charge >= 0.3 is 0 Å². The van der Waals surface area contributed by atoms with Crippen molar-refractivity contribution in [2.24, 2.45) is 5.92 Å². The summed E-state index contributed by atoms with van der Waals surface area (Å²) in [5.74, 6) is 1.38. The molecule has 5 nitrogen and oxygen atoms in total. The highest BCUT2D eigenvalue weighted by Gasteiger charge is 2.18. The van der Waals surface area contributed by atoms with Crippen LogP contribution in [0.4, 0.5) is 5.95 Å². The summed E-state index contributed by atoms with van der Waals surface area (Å²) in [6.07, 6.45) is 2.40. The van der Waals surface area contributed by atoms with Crippen molar-refractivity contribution >= 4 is 5.95 Å². The molecule has 0 unspecified atom stereocenters. The lowest BCUT2D eigenvalue weighted by molar-refractivity contribution is 0.373. The Bertz CT molecular complexity index is 459. The molecule has 1 aliphatic rings. The van der Waals surface area contributed by atoms with Crippen molar-refractivity contribution in [3.8, 4) is 6.07 Å². The Morgan fingerprint density at radius 3 is 2.79 bits per heavy atom. The molecule has 1 aromatic heterocycles. The zero-order valence-electron chi connectivity index (χ0n) is 11.7. The van der Waals surface area contributed by atoms with Gasteiger partial charge in [-0.05, 0) is 51.8 Å². The Kier molecular flexibility index (Phi) is 4.69. The Morgan fingerprint density at radius 1 is 1.42 bits per heavy atom. The molecule has 1 N–H and O–H groups in total. The molecule has 2 rings (SSSR count). The van der Waals surface area contributed by atoms with Crippen LogP contribution in [0.1, 0.15) is 31.2 Å². The van der Waals surface area contributed by atoms with Crippen LogP contribution < -0.4 is 10.2 Å². The SMILES string of the molecule is CCN(CC1CCNCC1)c1nc(C)cc(C#N)n1. The molecular formula is C14H21N5. The number of nitrogens with zero attached hydrogens (tertiary/aromatic N) is 4. The fourth-order valence-electron chi connectivity index (χ4n) is 2.48. The first-order valence-electron chi connectivity index (χ1n) is 6.94. The number of aromatic nitrogens is 2. The topological polar surface area (TPSA) is 64.8 Å². The van der Waals surface area contributed by atoms with Crippen molar-refractivity contribution < 1.29 is 0 Å². The first-order chi connectivity index (χ1) is 9.22. The second kappa shape index (κ2) is 6.48. The van der Waals surface area contributed by atoms with Crippen molar-refractivity contribution in [1.29, 1.82) is 5.26 Å². The molecule has 5 heteroatoms. The zero-order chi connectivity index (χ0) is 13.7. The van der Waals surface area contributed by atoms with E-state index in [0.717, 1.165) is 31.9 Å². The van der Waals surface area contributed by atoms with Crippen molar-refractivity contribution in [3.05, 3.63) is 17.5 Å². The monoisotopic (exact) mass is 259 g/mol. The van der Waals surface area contributed by atoms with Crippen molar-refractivity contribution in [2.45, 2.75) is 26.7 Å². The minimum absolute atomic E-state index is 0.450. The first kappa shape index (κ1) is 13.8. The number of nitriles is 1. The Balaban J connectivity index is 2.12. The summed E-state index contributed by atoms with van der Waals surface area (Å²) in [6.45, 7) is 8.06. The van der Waals surface area contributed by atoms with Gasteiger partial charge in [0.25, 0.3) is 0 Å². The maximum Gasteiger partial charge on any atom is 0.226 e. The molecule has 1 aliphatic heterocycles. The molecule has 0 amide bonds. The van der Waals surface area contributed by atoms with Gasteiger partial charge in [0.15, 0.2) is 0 Å². The molecule has 1 aromatic rings. The van der Waals surface area contributed by atoms with E-state index in [1.54, 1.807) is 6.07 Å². The maximum atomic E-state index is 9.00. The van der Waals surface area contributed by atoms with E-state index in [0.29, 0.717) is 17.6 Å². The predicted octanol–water partition coefficient (Wildman–Crippen LogP) is 1.48. The van der Waals surface area contributed by atoms with E-state index >= 15 is 0 Å². The molecular weight excluding hydrogens is 238 g/mol. The van der Waals surface area contributed by atoms with E-state index in [4.69, 9.17) is 5.26 Å². The minimum atomic E-state index is 0.450. The molecule has 0 bridgehead atoms. The summed E-state index contributed by atoms with van der Waals surface area (Å²) < 4.78 is 0. The third-order valence-electron chi connectivity index (χ3n) is 3.56. The van der Waals surface area contributed by atoms with Crippen LogP contribution in [0.3, 0.4) is 0 Å². The Hall–Kier alpha value is -1.67. The summed E-state index contributed by atoms with van der Waals surface area (Å²) in [5.41, 5.74) is 1.30. The van der Waals surface area contributed by atoms with Gasteiger partial charge in [-0.3, -0.25) is 0 Å². The van der Waals surface area contributed by atoms with Gasteiger partial charge in [0.1, 0.15) is 11.8 Å². The molecule has 2 heterocycles. The number of anilines is 1. The van der Waals surface area contributed by atoms with Crippen LogP contribution in [0.25, 0.3) is 0 Å². The standard InChI is InChI=1S/C14H21N5/c1-3-19(10-12-4-6-16-7-5-12)14-17-11(2)8-13(9-15)18-14/h8,12,16H,3-7,10H2,1-2H3. The van der Waals surface area contributed by atoms with Gasteiger partial charge in [0.05, 0.1) is 0 Å². The molecule has 1 fully saturated rings. The molecule has 102 valence electrons. The molecule has 0 aliphatic carbocycles. The fourth-order valence-corrected chi connectivity index (χ4v) is 2.48. The van der Waals surface area contributed by atoms with Crippen LogP contribution >= 0.6 is 0 Å². The van der Waals surface area contributed by atoms with Gasteiger partial charge in [0.2, 0.25) is 5.95 Å². The van der Waals surface area contributed by atoms with Crippen LogP contribution in [-0.4, -0.2) is 36.1 Å². The van der Waals surface area contributed by atoms with Crippen LogP contribution in [0, 0.1) is 24.2 Å². The zero-order valence-corrected chi connectivity index (χ0v) is 11.7. The van der Waals surface area contributed by atoms with Crippen LogP contribution in [0.15, 0.2) is 6.07 Å². The number of rotatable bonds is 4. The van der Waals surface area contributed by atoms with Gasteiger partial charge in [-0.25, -0.2) is 9.97 Å². The number of piperidine rings is 1. The summed E-state index contributed by atoms with van der Waals surface area (Å²) in [7, 11) is 0. The van der Waals surface area contributed by atoms with E-state index in [9.17, 15) is 0 Å². The van der Waals surface area contributed by atoms with Gasteiger partial charge in [-0.15, -0.1) is 0 Å². The average Bonchev–Trinajstić information content (AvgIpc) is 2.45. The quantitative estimate of drug-likeness (QED) is 0.887. The highest BCUT2D eigenvalue weighted by molar-refractivity contribution is 5.35. The number of hydrogen-bond acceptors (Lipinski definition) is 5.